The zero-order valence-corrected chi connectivity index (χ0v) is 11.0. The molecule has 1 N–H and O–H groups in total. The van der Waals surface area contributed by atoms with Crippen molar-refractivity contribution in [3.8, 4) is 29.4 Å². The van der Waals surface area contributed by atoms with Gasteiger partial charge in [0.05, 0.1) is 20.3 Å². The lowest BCUT2D eigenvalue weighted by molar-refractivity contribution is -0.116. The fraction of sp³-hybridized carbons (Fsp3) is 0.286. The SMILES string of the molecule is CC#CC(=O)NC(C#N)c1ccc(OC)cc1OC. The molecule has 0 fully saturated rings. The van der Waals surface area contributed by atoms with Crippen molar-refractivity contribution in [2.75, 3.05) is 14.2 Å². The fourth-order valence-electron chi connectivity index (χ4n) is 1.52. The number of rotatable bonds is 4. The summed E-state index contributed by atoms with van der Waals surface area (Å²) in [6.45, 7) is 1.55. The second-order valence-electron chi connectivity index (χ2n) is 3.52. The van der Waals surface area contributed by atoms with Crippen LogP contribution in [0.2, 0.25) is 0 Å². The molecule has 19 heavy (non-hydrogen) atoms. The van der Waals surface area contributed by atoms with Gasteiger partial charge in [-0.05, 0) is 25.0 Å². The highest BCUT2D eigenvalue weighted by Crippen LogP contribution is 2.29. The first-order chi connectivity index (χ1) is 9.15. The second-order valence-corrected chi connectivity index (χ2v) is 3.52. The van der Waals surface area contributed by atoms with Crippen LogP contribution in [0.1, 0.15) is 18.5 Å². The summed E-state index contributed by atoms with van der Waals surface area (Å²) in [5.74, 6) is 5.36. The number of methoxy groups -OCH3 is 2. The zero-order valence-electron chi connectivity index (χ0n) is 11.0. The van der Waals surface area contributed by atoms with Crippen molar-refractivity contribution in [1.82, 2.24) is 5.32 Å². The highest BCUT2D eigenvalue weighted by atomic mass is 16.5. The van der Waals surface area contributed by atoms with Gasteiger partial charge in [0.2, 0.25) is 0 Å². The number of nitrogens with one attached hydrogen (secondary N) is 1. The van der Waals surface area contributed by atoms with Crippen molar-refractivity contribution in [2.24, 2.45) is 0 Å². The zero-order chi connectivity index (χ0) is 14.3. The van der Waals surface area contributed by atoms with Crippen LogP contribution in [0.5, 0.6) is 11.5 Å². The Labute approximate surface area is 112 Å². The van der Waals surface area contributed by atoms with Crippen molar-refractivity contribution in [3.63, 3.8) is 0 Å². The molecule has 98 valence electrons. The maximum atomic E-state index is 11.4. The molecule has 1 aromatic rings. The summed E-state index contributed by atoms with van der Waals surface area (Å²) in [5.41, 5.74) is 0.553. The molecule has 1 aromatic carbocycles. The normalized spacial score (nSPS) is 10.4. The fourth-order valence-corrected chi connectivity index (χ4v) is 1.52. The molecule has 0 aromatic heterocycles. The lowest BCUT2D eigenvalue weighted by Gasteiger charge is -2.14. The number of ether oxygens (including phenoxy) is 2. The van der Waals surface area contributed by atoms with E-state index in [-0.39, 0.29) is 0 Å². The van der Waals surface area contributed by atoms with E-state index >= 15 is 0 Å². The highest BCUT2D eigenvalue weighted by molar-refractivity contribution is 5.93. The molecular weight excluding hydrogens is 244 g/mol. The number of amides is 1. The van der Waals surface area contributed by atoms with E-state index in [0.29, 0.717) is 17.1 Å². The summed E-state index contributed by atoms with van der Waals surface area (Å²) >= 11 is 0. The second kappa shape index (κ2) is 6.93. The first-order valence-corrected chi connectivity index (χ1v) is 5.51. The predicted octanol–water partition coefficient (Wildman–Crippen LogP) is 1.41. The number of hydrogen-bond acceptors (Lipinski definition) is 4. The van der Waals surface area contributed by atoms with Gasteiger partial charge in [-0.25, -0.2) is 0 Å². The van der Waals surface area contributed by atoms with Gasteiger partial charge in [0, 0.05) is 11.6 Å². The Morgan fingerprint density at radius 3 is 2.63 bits per heavy atom. The molecule has 0 saturated heterocycles. The van der Waals surface area contributed by atoms with Gasteiger partial charge in [0.1, 0.15) is 17.5 Å². The Morgan fingerprint density at radius 2 is 2.11 bits per heavy atom. The molecule has 0 spiro atoms. The molecule has 0 saturated carbocycles. The molecule has 0 bridgehead atoms. The summed E-state index contributed by atoms with van der Waals surface area (Å²) in [4.78, 5) is 11.4. The van der Waals surface area contributed by atoms with Crippen LogP contribution in [0.4, 0.5) is 0 Å². The Kier molecular flexibility index (Phi) is 5.25. The van der Waals surface area contributed by atoms with Gasteiger partial charge in [-0.15, -0.1) is 0 Å². The standard InChI is InChI=1S/C14H14N2O3/c1-4-5-14(17)16-12(9-15)11-7-6-10(18-2)8-13(11)19-3/h6-8,12H,1-3H3,(H,16,17). The van der Waals surface area contributed by atoms with Crippen LogP contribution in [-0.2, 0) is 4.79 Å². The van der Waals surface area contributed by atoms with Crippen LogP contribution >= 0.6 is 0 Å². The minimum atomic E-state index is -0.825. The minimum absolute atomic E-state index is 0.468. The molecule has 1 atom stereocenters. The monoisotopic (exact) mass is 258 g/mol. The van der Waals surface area contributed by atoms with Gasteiger partial charge in [-0.1, -0.05) is 5.92 Å². The van der Waals surface area contributed by atoms with Gasteiger partial charge in [0.15, 0.2) is 0 Å². The largest absolute Gasteiger partial charge is 0.497 e. The molecule has 0 aliphatic carbocycles. The van der Waals surface area contributed by atoms with Gasteiger partial charge in [-0.3, -0.25) is 4.79 Å². The maximum Gasteiger partial charge on any atom is 0.297 e. The third-order valence-electron chi connectivity index (χ3n) is 2.39. The number of carbonyl (C=O) groups excluding carboxylic acids is 1. The molecule has 0 heterocycles. The number of hydrogen-bond donors (Lipinski definition) is 1. The van der Waals surface area contributed by atoms with Crippen LogP contribution in [0.3, 0.4) is 0 Å². The van der Waals surface area contributed by atoms with Crippen LogP contribution in [-0.4, -0.2) is 20.1 Å². The average Bonchev–Trinajstić information content (AvgIpc) is 2.44. The smallest absolute Gasteiger partial charge is 0.297 e. The third-order valence-corrected chi connectivity index (χ3v) is 2.39. The Morgan fingerprint density at radius 1 is 1.37 bits per heavy atom. The summed E-state index contributed by atoms with van der Waals surface area (Å²) in [6.07, 6.45) is 0. The molecule has 1 amide bonds. The number of nitrogens with zero attached hydrogens (tertiary/aromatic N) is 1. The predicted molar refractivity (Wildman–Crippen MR) is 69.5 cm³/mol. The van der Waals surface area contributed by atoms with Crippen molar-refractivity contribution in [2.45, 2.75) is 13.0 Å². The van der Waals surface area contributed by atoms with Crippen LogP contribution < -0.4 is 14.8 Å². The highest BCUT2D eigenvalue weighted by Gasteiger charge is 2.17. The molecule has 5 heteroatoms. The van der Waals surface area contributed by atoms with Gasteiger partial charge in [0.25, 0.3) is 5.91 Å². The van der Waals surface area contributed by atoms with Crippen molar-refractivity contribution >= 4 is 5.91 Å². The summed E-state index contributed by atoms with van der Waals surface area (Å²) in [6, 6.07) is 6.19. The van der Waals surface area contributed by atoms with E-state index in [9.17, 15) is 4.79 Å². The molecule has 0 aliphatic heterocycles. The molecule has 5 nitrogen and oxygen atoms in total. The van der Waals surface area contributed by atoms with Crippen LogP contribution in [0.25, 0.3) is 0 Å². The number of carbonyl (C=O) groups is 1. The maximum absolute atomic E-state index is 11.4. The molecule has 0 radical (unpaired) electrons. The Hall–Kier alpha value is -2.66. The van der Waals surface area contributed by atoms with Crippen LogP contribution in [0.15, 0.2) is 18.2 Å². The van der Waals surface area contributed by atoms with E-state index in [1.54, 1.807) is 25.1 Å². The Balaban J connectivity index is 3.07. The van der Waals surface area contributed by atoms with E-state index in [1.807, 2.05) is 6.07 Å². The molecule has 1 rings (SSSR count). The van der Waals surface area contributed by atoms with E-state index in [0.717, 1.165) is 0 Å². The number of nitriles is 1. The van der Waals surface area contributed by atoms with Gasteiger partial charge < -0.3 is 14.8 Å². The molecule has 0 aliphatic rings. The van der Waals surface area contributed by atoms with Crippen molar-refractivity contribution < 1.29 is 14.3 Å². The molecule has 1 unspecified atom stereocenters. The topological polar surface area (TPSA) is 71.4 Å². The van der Waals surface area contributed by atoms with Crippen LogP contribution in [0, 0.1) is 23.2 Å². The third kappa shape index (κ3) is 3.65. The van der Waals surface area contributed by atoms with E-state index < -0.39 is 11.9 Å². The van der Waals surface area contributed by atoms with E-state index in [4.69, 9.17) is 14.7 Å². The Bertz CT molecular complexity index is 564. The average molecular weight is 258 g/mol. The van der Waals surface area contributed by atoms with Crippen molar-refractivity contribution in [3.05, 3.63) is 23.8 Å². The quantitative estimate of drug-likeness (QED) is 0.829. The summed E-state index contributed by atoms with van der Waals surface area (Å²) in [5, 5.41) is 11.6. The lowest BCUT2D eigenvalue weighted by atomic mass is 10.1. The first kappa shape index (κ1) is 14.4. The minimum Gasteiger partial charge on any atom is -0.497 e. The van der Waals surface area contributed by atoms with E-state index in [2.05, 4.69) is 17.2 Å². The molecular formula is C14H14N2O3. The first-order valence-electron chi connectivity index (χ1n) is 5.51. The van der Waals surface area contributed by atoms with Gasteiger partial charge >= 0.3 is 0 Å². The summed E-state index contributed by atoms with van der Waals surface area (Å²) < 4.78 is 10.3. The lowest BCUT2D eigenvalue weighted by Crippen LogP contribution is -2.26. The van der Waals surface area contributed by atoms with Gasteiger partial charge in [-0.2, -0.15) is 5.26 Å². The van der Waals surface area contributed by atoms with Crippen molar-refractivity contribution in [1.29, 1.82) is 5.26 Å². The van der Waals surface area contributed by atoms with E-state index in [1.165, 1.54) is 14.2 Å². The number of benzene rings is 1. The summed E-state index contributed by atoms with van der Waals surface area (Å²) in [7, 11) is 3.02.